The van der Waals surface area contributed by atoms with E-state index in [9.17, 15) is 9.59 Å². The Morgan fingerprint density at radius 1 is 1.26 bits per heavy atom. The summed E-state index contributed by atoms with van der Waals surface area (Å²) in [6.45, 7) is 2.12. The minimum absolute atomic E-state index is 0.0687. The molecule has 2 heterocycles. The third-order valence-electron chi connectivity index (χ3n) is 4.25. The lowest BCUT2D eigenvalue weighted by Gasteiger charge is -2.16. The maximum absolute atomic E-state index is 12.4. The Labute approximate surface area is 120 Å². The molecule has 100 valence electrons. The van der Waals surface area contributed by atoms with Crippen LogP contribution in [0.15, 0.2) is 22.8 Å². The minimum Gasteiger partial charge on any atom is -0.274 e. The van der Waals surface area contributed by atoms with Gasteiger partial charge in [-0.15, -0.1) is 0 Å². The van der Waals surface area contributed by atoms with E-state index in [1.165, 1.54) is 4.90 Å². The van der Waals surface area contributed by atoms with E-state index < -0.39 is 0 Å². The van der Waals surface area contributed by atoms with Gasteiger partial charge in [-0.3, -0.25) is 9.59 Å². The standard InChI is InChI=1S/C14H15BrN2O2/c1-2-8-5-10-11(6-8)14(19)17(13(10)18)12-4-3-9(15)7-16-12/h3-4,7-8,10-11H,2,5-6H2,1H3. The first-order valence-electron chi connectivity index (χ1n) is 6.61. The van der Waals surface area contributed by atoms with Gasteiger partial charge >= 0.3 is 0 Å². The molecule has 0 spiro atoms. The lowest BCUT2D eigenvalue weighted by Crippen LogP contribution is -2.32. The number of amides is 2. The first-order chi connectivity index (χ1) is 9.11. The molecule has 0 radical (unpaired) electrons. The Balaban J connectivity index is 1.88. The molecule has 2 aliphatic rings. The molecule has 2 atom stereocenters. The summed E-state index contributed by atoms with van der Waals surface area (Å²) < 4.78 is 0.835. The highest BCUT2D eigenvalue weighted by atomic mass is 79.9. The van der Waals surface area contributed by atoms with Gasteiger partial charge in [0.25, 0.3) is 0 Å². The Hall–Kier alpha value is -1.23. The van der Waals surface area contributed by atoms with Crippen molar-refractivity contribution in [2.75, 3.05) is 4.90 Å². The van der Waals surface area contributed by atoms with E-state index in [0.717, 1.165) is 23.7 Å². The number of anilines is 1. The van der Waals surface area contributed by atoms with Crippen molar-refractivity contribution < 1.29 is 9.59 Å². The topological polar surface area (TPSA) is 50.3 Å². The van der Waals surface area contributed by atoms with Crippen LogP contribution in [-0.4, -0.2) is 16.8 Å². The third kappa shape index (κ3) is 2.00. The summed E-state index contributed by atoms with van der Waals surface area (Å²) in [6.07, 6.45) is 4.35. The van der Waals surface area contributed by atoms with Crippen LogP contribution in [0.3, 0.4) is 0 Å². The Kier molecular flexibility index (Phi) is 3.17. The second-order valence-electron chi connectivity index (χ2n) is 5.31. The molecular formula is C14H15BrN2O2. The lowest BCUT2D eigenvalue weighted by molar-refractivity contribution is -0.123. The smallest absolute Gasteiger partial charge is 0.238 e. The molecule has 5 heteroatoms. The van der Waals surface area contributed by atoms with Gasteiger partial charge in [0.1, 0.15) is 5.82 Å². The van der Waals surface area contributed by atoms with E-state index in [1.807, 2.05) is 0 Å². The number of rotatable bonds is 2. The summed E-state index contributed by atoms with van der Waals surface area (Å²) >= 11 is 3.30. The largest absolute Gasteiger partial charge is 0.274 e. The predicted octanol–water partition coefficient (Wildman–Crippen LogP) is 2.77. The average molecular weight is 323 g/mol. The van der Waals surface area contributed by atoms with Crippen molar-refractivity contribution in [3.63, 3.8) is 0 Å². The van der Waals surface area contributed by atoms with Crippen LogP contribution in [0.1, 0.15) is 26.2 Å². The van der Waals surface area contributed by atoms with E-state index in [2.05, 4.69) is 27.8 Å². The van der Waals surface area contributed by atoms with Gasteiger partial charge in [-0.25, -0.2) is 9.88 Å². The number of carbonyl (C=O) groups is 2. The number of hydrogen-bond acceptors (Lipinski definition) is 3. The maximum atomic E-state index is 12.4. The molecule has 1 aromatic heterocycles. The first-order valence-corrected chi connectivity index (χ1v) is 7.40. The van der Waals surface area contributed by atoms with Crippen LogP contribution >= 0.6 is 15.9 Å². The molecule has 1 aliphatic carbocycles. The van der Waals surface area contributed by atoms with Gasteiger partial charge in [0, 0.05) is 10.7 Å². The van der Waals surface area contributed by atoms with Crippen LogP contribution in [0.4, 0.5) is 5.82 Å². The zero-order valence-electron chi connectivity index (χ0n) is 10.7. The number of carbonyl (C=O) groups excluding carboxylic acids is 2. The zero-order chi connectivity index (χ0) is 13.6. The number of imide groups is 1. The molecule has 3 rings (SSSR count). The van der Waals surface area contributed by atoms with Crippen molar-refractivity contribution in [3.8, 4) is 0 Å². The molecule has 2 unspecified atom stereocenters. The number of aromatic nitrogens is 1. The molecule has 1 saturated carbocycles. The van der Waals surface area contributed by atoms with Gasteiger partial charge in [0.15, 0.2) is 0 Å². The van der Waals surface area contributed by atoms with Crippen molar-refractivity contribution in [3.05, 3.63) is 22.8 Å². The normalized spacial score (nSPS) is 30.0. The van der Waals surface area contributed by atoms with Gasteiger partial charge in [-0.05, 0) is 46.8 Å². The second-order valence-corrected chi connectivity index (χ2v) is 6.22. The minimum atomic E-state index is -0.122. The molecule has 19 heavy (non-hydrogen) atoms. The van der Waals surface area contributed by atoms with Gasteiger partial charge in [-0.2, -0.15) is 0 Å². The monoisotopic (exact) mass is 322 g/mol. The molecule has 2 amide bonds. The number of hydrogen-bond donors (Lipinski definition) is 0. The highest BCUT2D eigenvalue weighted by molar-refractivity contribution is 9.10. The summed E-state index contributed by atoms with van der Waals surface area (Å²) in [5, 5.41) is 0. The van der Waals surface area contributed by atoms with Gasteiger partial charge in [0.05, 0.1) is 11.8 Å². The zero-order valence-corrected chi connectivity index (χ0v) is 12.3. The number of pyridine rings is 1. The quantitative estimate of drug-likeness (QED) is 0.787. The molecule has 0 aromatic carbocycles. The first kappa shape index (κ1) is 12.8. The van der Waals surface area contributed by atoms with Crippen molar-refractivity contribution >= 4 is 33.6 Å². The van der Waals surface area contributed by atoms with Crippen LogP contribution in [-0.2, 0) is 9.59 Å². The van der Waals surface area contributed by atoms with Crippen LogP contribution in [0.5, 0.6) is 0 Å². The van der Waals surface area contributed by atoms with Crippen molar-refractivity contribution in [2.45, 2.75) is 26.2 Å². The number of halogens is 1. The molecule has 0 bridgehead atoms. The highest BCUT2D eigenvalue weighted by Crippen LogP contribution is 2.45. The van der Waals surface area contributed by atoms with E-state index in [0.29, 0.717) is 11.7 Å². The number of nitrogens with zero attached hydrogens (tertiary/aromatic N) is 2. The lowest BCUT2D eigenvalue weighted by atomic mass is 10.00. The summed E-state index contributed by atoms with van der Waals surface area (Å²) in [6, 6.07) is 3.50. The van der Waals surface area contributed by atoms with Gasteiger partial charge < -0.3 is 0 Å². The molecular weight excluding hydrogens is 308 g/mol. The summed E-state index contributed by atoms with van der Waals surface area (Å²) in [7, 11) is 0. The third-order valence-corrected chi connectivity index (χ3v) is 4.72. The SMILES string of the molecule is CCC1CC2C(=O)N(c3ccc(Br)cn3)C(=O)C2C1. The maximum Gasteiger partial charge on any atom is 0.238 e. The number of fused-ring (bicyclic) bond motifs is 1. The molecule has 1 aliphatic heterocycles. The molecule has 1 saturated heterocycles. The predicted molar refractivity (Wildman–Crippen MR) is 74.4 cm³/mol. The summed E-state index contributed by atoms with van der Waals surface area (Å²) in [5.74, 6) is 0.580. The molecule has 0 N–H and O–H groups in total. The van der Waals surface area contributed by atoms with Gasteiger partial charge in [-0.1, -0.05) is 13.3 Å². The summed E-state index contributed by atoms with van der Waals surface area (Å²) in [4.78, 5) is 30.2. The van der Waals surface area contributed by atoms with Crippen LogP contribution < -0.4 is 4.90 Å². The average Bonchev–Trinajstić information content (AvgIpc) is 2.93. The molecule has 1 aromatic rings. The van der Waals surface area contributed by atoms with Crippen LogP contribution in [0, 0.1) is 17.8 Å². The van der Waals surface area contributed by atoms with E-state index in [-0.39, 0.29) is 23.7 Å². The fourth-order valence-electron chi connectivity index (χ4n) is 3.19. The van der Waals surface area contributed by atoms with Gasteiger partial charge in [0.2, 0.25) is 11.8 Å². The van der Waals surface area contributed by atoms with E-state index in [1.54, 1.807) is 18.3 Å². The van der Waals surface area contributed by atoms with Crippen molar-refractivity contribution in [1.29, 1.82) is 0 Å². The Bertz CT molecular complexity index is 505. The highest BCUT2D eigenvalue weighted by Gasteiger charge is 2.53. The summed E-state index contributed by atoms with van der Waals surface area (Å²) in [5.41, 5.74) is 0. The Morgan fingerprint density at radius 2 is 1.89 bits per heavy atom. The second kappa shape index (κ2) is 4.71. The van der Waals surface area contributed by atoms with Crippen LogP contribution in [0.2, 0.25) is 0 Å². The van der Waals surface area contributed by atoms with E-state index in [4.69, 9.17) is 0 Å². The molecule has 2 fully saturated rings. The fraction of sp³-hybridized carbons (Fsp3) is 0.500. The van der Waals surface area contributed by atoms with Crippen molar-refractivity contribution in [2.24, 2.45) is 17.8 Å². The van der Waals surface area contributed by atoms with Crippen LogP contribution in [0.25, 0.3) is 0 Å². The van der Waals surface area contributed by atoms with E-state index >= 15 is 0 Å². The fourth-order valence-corrected chi connectivity index (χ4v) is 3.42. The van der Waals surface area contributed by atoms with Crippen molar-refractivity contribution in [1.82, 2.24) is 4.98 Å². The molecule has 4 nitrogen and oxygen atoms in total. The Morgan fingerprint density at radius 3 is 2.37 bits per heavy atom.